The number of imidazole rings is 1. The summed E-state index contributed by atoms with van der Waals surface area (Å²) < 4.78 is 23.9. The molecule has 0 radical (unpaired) electrons. The molecule has 0 aliphatic carbocycles. The lowest BCUT2D eigenvalue weighted by Crippen LogP contribution is -1.98. The molecule has 0 aliphatic heterocycles. The van der Waals surface area contributed by atoms with Crippen molar-refractivity contribution >= 4 is 38.8 Å². The van der Waals surface area contributed by atoms with E-state index in [2.05, 4.69) is 19.4 Å². The molecule has 2 aromatic carbocycles. The Kier molecular flexibility index (Phi) is 4.81. The zero-order valence-electron chi connectivity index (χ0n) is 17.7. The third kappa shape index (κ3) is 3.73. The maximum atomic E-state index is 6.11. The Bertz CT molecular complexity index is 1550. The zero-order valence-corrected chi connectivity index (χ0v) is 19.3. The summed E-state index contributed by atoms with van der Waals surface area (Å²) in [6, 6.07) is 15.6. The van der Waals surface area contributed by atoms with Gasteiger partial charge >= 0.3 is 0 Å². The van der Waals surface area contributed by atoms with Gasteiger partial charge in [-0.25, -0.2) is 14.5 Å². The number of nitrogens with zero attached hydrogens (tertiary/aromatic N) is 5. The van der Waals surface area contributed by atoms with Crippen molar-refractivity contribution in [1.82, 2.24) is 24.0 Å². The minimum absolute atomic E-state index is 0.232. The highest BCUT2D eigenvalue weighted by Crippen LogP contribution is 2.37. The van der Waals surface area contributed by atoms with Gasteiger partial charge in [0.15, 0.2) is 11.6 Å². The molecule has 6 aromatic rings. The molecule has 164 valence electrons. The first-order valence-electron chi connectivity index (χ1n) is 10.1. The van der Waals surface area contributed by atoms with Crippen LogP contribution in [0.15, 0.2) is 59.1 Å². The summed E-state index contributed by atoms with van der Waals surface area (Å²) >= 11 is 2.89. The number of hydrogen-bond acceptors (Lipinski definition) is 9. The molecule has 4 heterocycles. The van der Waals surface area contributed by atoms with Gasteiger partial charge in [-0.05, 0) is 24.5 Å². The van der Waals surface area contributed by atoms with Crippen molar-refractivity contribution in [3.63, 3.8) is 0 Å². The van der Waals surface area contributed by atoms with E-state index in [9.17, 15) is 0 Å². The van der Waals surface area contributed by atoms with E-state index in [1.165, 1.54) is 22.9 Å². The molecule has 8 nitrogen and oxygen atoms in total. The molecule has 6 rings (SSSR count). The Balaban J connectivity index is 1.31. The van der Waals surface area contributed by atoms with Crippen LogP contribution in [-0.2, 0) is 6.61 Å². The first-order chi connectivity index (χ1) is 16.2. The van der Waals surface area contributed by atoms with Crippen LogP contribution in [0.5, 0.6) is 11.5 Å². The lowest BCUT2D eigenvalue weighted by atomic mass is 10.2. The second-order valence-corrected chi connectivity index (χ2v) is 9.20. The van der Waals surface area contributed by atoms with E-state index in [0.29, 0.717) is 34.4 Å². The molecule has 0 atom stereocenters. The number of benzene rings is 2. The van der Waals surface area contributed by atoms with Gasteiger partial charge < -0.3 is 13.9 Å². The topological polar surface area (TPSA) is 87.6 Å². The molecule has 10 heteroatoms. The lowest BCUT2D eigenvalue weighted by molar-refractivity contribution is 0.299. The maximum Gasteiger partial charge on any atom is 0.212 e. The fourth-order valence-corrected chi connectivity index (χ4v) is 4.91. The van der Waals surface area contributed by atoms with Crippen molar-refractivity contribution in [3.05, 3.63) is 65.6 Å². The number of aromatic nitrogens is 5. The largest absolute Gasteiger partial charge is 0.496 e. The van der Waals surface area contributed by atoms with Crippen molar-refractivity contribution in [1.29, 1.82) is 0 Å². The third-order valence-corrected chi connectivity index (χ3v) is 6.69. The quantitative estimate of drug-likeness (QED) is 0.309. The minimum Gasteiger partial charge on any atom is -0.496 e. The molecule has 0 N–H and O–H groups in total. The average Bonchev–Trinajstić information content (AvgIpc) is 3.60. The second-order valence-electron chi connectivity index (χ2n) is 7.29. The second kappa shape index (κ2) is 7.98. The Labute approximate surface area is 196 Å². The van der Waals surface area contributed by atoms with Crippen LogP contribution in [0.4, 0.5) is 0 Å². The number of hydrogen-bond donors (Lipinski definition) is 0. The van der Waals surface area contributed by atoms with Crippen molar-refractivity contribution < 1.29 is 13.9 Å². The molecule has 0 fully saturated rings. The maximum absolute atomic E-state index is 6.11. The van der Waals surface area contributed by atoms with Crippen molar-refractivity contribution in [3.8, 4) is 33.5 Å². The van der Waals surface area contributed by atoms with Gasteiger partial charge in [0, 0.05) is 17.7 Å². The number of fused-ring (bicyclic) bond motifs is 2. The van der Waals surface area contributed by atoms with E-state index >= 15 is 0 Å². The summed E-state index contributed by atoms with van der Waals surface area (Å²) in [4.78, 5) is 10.1. The fraction of sp³-hybridized carbons (Fsp3) is 0.130. The van der Waals surface area contributed by atoms with Gasteiger partial charge in [0.2, 0.25) is 4.96 Å². The van der Waals surface area contributed by atoms with Gasteiger partial charge in [-0.3, -0.25) is 0 Å². The molecule has 0 spiro atoms. The lowest BCUT2D eigenvalue weighted by Gasteiger charge is -2.07. The number of rotatable bonds is 6. The number of methoxy groups -OCH3 is 1. The van der Waals surface area contributed by atoms with Crippen LogP contribution in [0, 0.1) is 6.92 Å². The van der Waals surface area contributed by atoms with Crippen LogP contribution in [0.1, 0.15) is 10.8 Å². The Morgan fingerprint density at radius 2 is 1.97 bits per heavy atom. The summed E-state index contributed by atoms with van der Waals surface area (Å²) in [5.41, 5.74) is 2.40. The van der Waals surface area contributed by atoms with Crippen LogP contribution in [0.2, 0.25) is 0 Å². The molecule has 0 saturated carbocycles. The van der Waals surface area contributed by atoms with Gasteiger partial charge in [0.1, 0.15) is 39.4 Å². The van der Waals surface area contributed by atoms with Crippen molar-refractivity contribution in [2.45, 2.75) is 13.5 Å². The Morgan fingerprint density at radius 1 is 1.09 bits per heavy atom. The summed E-state index contributed by atoms with van der Waals surface area (Å²) in [6.07, 6.45) is 1.86. The molecule has 0 aliphatic rings. The highest BCUT2D eigenvalue weighted by Gasteiger charge is 2.17. The third-order valence-electron chi connectivity index (χ3n) is 5.05. The molecular formula is C23H17N5O3S2. The van der Waals surface area contributed by atoms with Gasteiger partial charge in [-0.1, -0.05) is 41.7 Å². The van der Waals surface area contributed by atoms with Crippen LogP contribution in [-0.4, -0.2) is 31.1 Å². The van der Waals surface area contributed by atoms with Crippen LogP contribution >= 0.6 is 22.9 Å². The summed E-state index contributed by atoms with van der Waals surface area (Å²) in [7, 11) is 1.61. The number of ether oxygens (including phenoxy) is 2. The van der Waals surface area contributed by atoms with E-state index in [-0.39, 0.29) is 6.61 Å². The summed E-state index contributed by atoms with van der Waals surface area (Å²) in [6.45, 7) is 2.19. The molecule has 4 aromatic heterocycles. The molecule has 0 unspecified atom stereocenters. The van der Waals surface area contributed by atoms with Gasteiger partial charge in [0.25, 0.3) is 0 Å². The monoisotopic (exact) mass is 475 g/mol. The average molecular weight is 476 g/mol. The number of aryl methyl sites for hydroxylation is 1. The van der Waals surface area contributed by atoms with Crippen LogP contribution < -0.4 is 9.47 Å². The predicted molar refractivity (Wildman–Crippen MR) is 127 cm³/mol. The highest BCUT2D eigenvalue weighted by molar-refractivity contribution is 7.16. The van der Waals surface area contributed by atoms with E-state index in [4.69, 9.17) is 13.9 Å². The molecule has 33 heavy (non-hydrogen) atoms. The van der Waals surface area contributed by atoms with Crippen molar-refractivity contribution in [2.75, 3.05) is 7.11 Å². The summed E-state index contributed by atoms with van der Waals surface area (Å²) in [5, 5.41) is 7.06. The standard InChI is InChI=1S/C23H17N5O3S2/c1-13-26-28-11-17(24-23(28)32-13)20-10-16-18(8-15(29-2)9-19(16)31-20)30-12-21-25-22(33-27-21)14-6-4-3-5-7-14/h3-11H,12H2,1-2H3. The number of furan rings is 1. The van der Waals surface area contributed by atoms with E-state index < -0.39 is 0 Å². The van der Waals surface area contributed by atoms with Gasteiger partial charge in [-0.15, -0.1) is 0 Å². The molecule has 0 saturated heterocycles. The smallest absolute Gasteiger partial charge is 0.212 e. The van der Waals surface area contributed by atoms with Gasteiger partial charge in [0.05, 0.1) is 18.7 Å². The van der Waals surface area contributed by atoms with E-state index in [0.717, 1.165) is 25.9 Å². The Hall–Kier alpha value is -3.76. The van der Waals surface area contributed by atoms with E-state index in [1.54, 1.807) is 11.6 Å². The minimum atomic E-state index is 0.232. The fourth-order valence-electron chi connectivity index (χ4n) is 3.52. The normalized spacial score (nSPS) is 11.5. The molecular weight excluding hydrogens is 458 g/mol. The highest BCUT2D eigenvalue weighted by atomic mass is 32.1. The summed E-state index contributed by atoms with van der Waals surface area (Å²) in [5.74, 6) is 2.52. The molecule has 0 amide bonds. The van der Waals surface area contributed by atoms with Crippen molar-refractivity contribution in [2.24, 2.45) is 0 Å². The van der Waals surface area contributed by atoms with E-state index in [1.807, 2.05) is 61.7 Å². The first-order valence-corrected chi connectivity index (χ1v) is 11.7. The Morgan fingerprint density at radius 3 is 2.79 bits per heavy atom. The first kappa shape index (κ1) is 19.9. The zero-order chi connectivity index (χ0) is 22.4. The SMILES string of the molecule is COc1cc(OCc2nsc(-c3ccccc3)n2)c2cc(-c3cn4nc(C)sc4n3)oc2c1. The van der Waals surface area contributed by atoms with Gasteiger partial charge in [-0.2, -0.15) is 9.47 Å². The predicted octanol–water partition coefficient (Wildman–Crippen LogP) is 5.62. The molecule has 0 bridgehead atoms. The van der Waals surface area contributed by atoms with Crippen LogP contribution in [0.3, 0.4) is 0 Å². The van der Waals surface area contributed by atoms with Crippen LogP contribution in [0.25, 0.3) is 38.0 Å².